The van der Waals surface area contributed by atoms with E-state index in [-0.39, 0.29) is 68.8 Å². The first-order valence-electron chi connectivity index (χ1n) is 12.8. The molecular formula is C24H28N10O6. The molecule has 2 aliphatic rings. The Bertz CT molecular complexity index is 1350. The number of ether oxygens (including phenoxy) is 1. The number of amides is 4. The molecule has 16 heteroatoms. The highest BCUT2D eigenvalue weighted by molar-refractivity contribution is 5.95. The molecule has 4 amide bonds. The number of aromatic nitrogens is 6. The first-order valence-corrected chi connectivity index (χ1v) is 12.8. The van der Waals surface area contributed by atoms with Crippen molar-refractivity contribution in [3.63, 3.8) is 0 Å². The second-order valence-corrected chi connectivity index (χ2v) is 9.25. The maximum atomic E-state index is 13.0. The van der Waals surface area contributed by atoms with Gasteiger partial charge in [-0.25, -0.2) is 9.48 Å². The van der Waals surface area contributed by atoms with Gasteiger partial charge in [0.05, 0.1) is 18.3 Å². The van der Waals surface area contributed by atoms with Crippen LogP contribution < -0.4 is 10.1 Å². The zero-order valence-electron chi connectivity index (χ0n) is 21.5. The Balaban J connectivity index is 1.23. The lowest BCUT2D eigenvalue weighted by atomic mass is 10.2. The Labute approximate surface area is 227 Å². The van der Waals surface area contributed by atoms with Crippen molar-refractivity contribution in [2.75, 3.05) is 45.9 Å². The second kappa shape index (κ2) is 11.8. The third kappa shape index (κ3) is 5.84. The molecule has 5 rings (SSSR count). The molecule has 0 spiro atoms. The molecule has 2 saturated heterocycles. The molecule has 2 aromatic heterocycles. The Morgan fingerprint density at radius 2 is 1.77 bits per heavy atom. The number of hydrogen-bond donors (Lipinski definition) is 3. The monoisotopic (exact) mass is 552 g/mol. The van der Waals surface area contributed by atoms with Crippen LogP contribution in [-0.4, -0.2) is 120 Å². The van der Waals surface area contributed by atoms with Crippen molar-refractivity contribution in [2.24, 2.45) is 0 Å². The largest absolute Gasteiger partial charge is 0.467 e. The molecule has 0 aliphatic carbocycles. The average molecular weight is 553 g/mol. The van der Waals surface area contributed by atoms with Crippen LogP contribution in [-0.2, 0) is 9.59 Å². The van der Waals surface area contributed by atoms with E-state index >= 15 is 0 Å². The Kier molecular flexibility index (Phi) is 7.84. The van der Waals surface area contributed by atoms with E-state index in [1.165, 1.54) is 20.5 Å². The molecule has 40 heavy (non-hydrogen) atoms. The lowest BCUT2D eigenvalue weighted by molar-refractivity contribution is -0.134. The summed E-state index contributed by atoms with van der Waals surface area (Å²) in [6.45, 7) is 0.888. The van der Waals surface area contributed by atoms with Gasteiger partial charge in [-0.2, -0.15) is 10.3 Å². The van der Waals surface area contributed by atoms with Crippen molar-refractivity contribution < 1.29 is 29.0 Å². The van der Waals surface area contributed by atoms with E-state index in [9.17, 15) is 19.2 Å². The highest BCUT2D eigenvalue weighted by Crippen LogP contribution is 2.29. The lowest BCUT2D eigenvalue weighted by Gasteiger charge is -2.33. The number of aromatic amines is 1. The third-order valence-corrected chi connectivity index (χ3v) is 6.79. The normalized spacial score (nSPS) is 17.1. The number of piperazine rings is 1. The molecule has 0 unspecified atom stereocenters. The molecule has 16 nitrogen and oxygen atoms in total. The van der Waals surface area contributed by atoms with Gasteiger partial charge in [0.2, 0.25) is 11.8 Å². The number of likely N-dealkylation sites (tertiary alicyclic amines) is 1. The molecule has 3 N–H and O–H groups in total. The smallest absolute Gasteiger partial charge is 0.407 e. The first-order chi connectivity index (χ1) is 19.4. The van der Waals surface area contributed by atoms with Crippen LogP contribution in [0.15, 0.2) is 36.4 Å². The van der Waals surface area contributed by atoms with Crippen LogP contribution in [0.3, 0.4) is 0 Å². The Morgan fingerprint density at radius 3 is 2.48 bits per heavy atom. The lowest BCUT2D eigenvalue weighted by Crippen LogP contribution is -2.52. The highest BCUT2D eigenvalue weighted by atomic mass is 16.5. The molecular weight excluding hydrogens is 524 g/mol. The minimum atomic E-state index is -1.03. The summed E-state index contributed by atoms with van der Waals surface area (Å²) in [6.07, 6.45) is 0.484. The maximum absolute atomic E-state index is 13.0. The number of rotatable bonds is 8. The van der Waals surface area contributed by atoms with Crippen LogP contribution in [0, 0.1) is 0 Å². The summed E-state index contributed by atoms with van der Waals surface area (Å²) in [5.41, 5.74) is 0.614. The number of hydrogen-bond acceptors (Lipinski definition) is 9. The van der Waals surface area contributed by atoms with Gasteiger partial charge in [0.15, 0.2) is 18.1 Å². The van der Waals surface area contributed by atoms with Crippen LogP contribution in [0.2, 0.25) is 0 Å². The van der Waals surface area contributed by atoms with E-state index in [0.29, 0.717) is 24.5 Å². The summed E-state index contributed by atoms with van der Waals surface area (Å²) in [5.74, 6) is -0.578. The fraction of sp³-hybridized carbons (Fsp3) is 0.417. The van der Waals surface area contributed by atoms with Crippen LogP contribution in [0.4, 0.5) is 4.79 Å². The predicted octanol–water partition coefficient (Wildman–Crippen LogP) is -0.320. The van der Waals surface area contributed by atoms with Crippen molar-refractivity contribution in [1.82, 2.24) is 50.4 Å². The van der Waals surface area contributed by atoms with Gasteiger partial charge in [0.1, 0.15) is 0 Å². The van der Waals surface area contributed by atoms with Crippen molar-refractivity contribution in [3.05, 3.63) is 47.9 Å². The fourth-order valence-corrected chi connectivity index (χ4v) is 4.70. The van der Waals surface area contributed by atoms with E-state index in [2.05, 4.69) is 31.0 Å². The van der Waals surface area contributed by atoms with Gasteiger partial charge < -0.3 is 29.9 Å². The van der Waals surface area contributed by atoms with Gasteiger partial charge >= 0.3 is 6.09 Å². The van der Waals surface area contributed by atoms with E-state index < -0.39 is 12.0 Å². The summed E-state index contributed by atoms with van der Waals surface area (Å²) < 4.78 is 7.26. The molecule has 210 valence electrons. The summed E-state index contributed by atoms with van der Waals surface area (Å²) in [5, 5.41) is 30.0. The fourth-order valence-electron chi connectivity index (χ4n) is 4.70. The Hall–Kier alpha value is -5.02. The summed E-state index contributed by atoms with van der Waals surface area (Å²) >= 11 is 0. The Morgan fingerprint density at radius 1 is 1.02 bits per heavy atom. The molecule has 0 radical (unpaired) electrons. The van der Waals surface area contributed by atoms with Gasteiger partial charge in [-0.15, -0.1) is 10.2 Å². The number of nitrogens with one attached hydrogen (secondary N) is 2. The van der Waals surface area contributed by atoms with Gasteiger partial charge in [-0.05, 0) is 25.0 Å². The minimum Gasteiger partial charge on any atom is -0.467 e. The van der Waals surface area contributed by atoms with E-state index in [4.69, 9.17) is 9.84 Å². The quantitative estimate of drug-likeness (QED) is 0.334. The molecule has 4 heterocycles. The van der Waals surface area contributed by atoms with Gasteiger partial charge in [-0.3, -0.25) is 14.4 Å². The summed E-state index contributed by atoms with van der Waals surface area (Å²) in [4.78, 5) is 53.9. The van der Waals surface area contributed by atoms with E-state index in [1.54, 1.807) is 29.2 Å². The third-order valence-electron chi connectivity index (χ3n) is 6.79. The number of carbonyl (C=O) groups is 4. The number of carbonyl (C=O) groups excluding carboxylic acids is 3. The van der Waals surface area contributed by atoms with Crippen LogP contribution in [0.5, 0.6) is 5.88 Å². The van der Waals surface area contributed by atoms with Gasteiger partial charge in [0.25, 0.3) is 11.8 Å². The molecule has 2 aliphatic heterocycles. The van der Waals surface area contributed by atoms with Crippen LogP contribution >= 0.6 is 0 Å². The number of nitrogens with zero attached hydrogens (tertiary/aromatic N) is 8. The number of carboxylic acid groups (broad SMARTS) is 1. The molecule has 1 atom stereocenters. The topological polar surface area (TPSA) is 192 Å². The average Bonchev–Trinajstić information content (AvgIpc) is 3.76. The van der Waals surface area contributed by atoms with Gasteiger partial charge in [-0.1, -0.05) is 23.4 Å². The number of tetrazole rings is 1. The maximum Gasteiger partial charge on any atom is 0.407 e. The summed E-state index contributed by atoms with van der Waals surface area (Å²) in [7, 11) is 0. The minimum absolute atomic E-state index is 0.000597. The molecule has 0 saturated carbocycles. The number of benzene rings is 1. The van der Waals surface area contributed by atoms with Crippen LogP contribution in [0.1, 0.15) is 35.2 Å². The number of para-hydroxylation sites is 1. The molecule has 1 aromatic carbocycles. The zero-order chi connectivity index (χ0) is 28.1. The predicted molar refractivity (Wildman–Crippen MR) is 135 cm³/mol. The first kappa shape index (κ1) is 26.6. The van der Waals surface area contributed by atoms with E-state index in [1.807, 2.05) is 6.07 Å². The second-order valence-electron chi connectivity index (χ2n) is 9.25. The van der Waals surface area contributed by atoms with Crippen molar-refractivity contribution in [1.29, 1.82) is 0 Å². The van der Waals surface area contributed by atoms with Crippen molar-refractivity contribution in [3.8, 4) is 11.6 Å². The number of H-pyrrole nitrogens is 1. The SMILES string of the molecule is O=C(NCC(=O)N1CCN(C(=O)O)CC1)c1cc(OCC(=O)N2CCC[C@H]2c2nn[nH]n2)n(-c2ccccc2)n1. The highest BCUT2D eigenvalue weighted by Gasteiger charge is 2.33. The van der Waals surface area contributed by atoms with Crippen molar-refractivity contribution in [2.45, 2.75) is 18.9 Å². The molecule has 3 aromatic rings. The van der Waals surface area contributed by atoms with Gasteiger partial charge in [0, 0.05) is 38.8 Å². The molecule has 2 fully saturated rings. The summed E-state index contributed by atoms with van der Waals surface area (Å²) in [6, 6.07) is 10.1. The van der Waals surface area contributed by atoms with Crippen LogP contribution in [0.25, 0.3) is 5.69 Å². The zero-order valence-corrected chi connectivity index (χ0v) is 21.5. The standard InChI is InChI=1S/C24H28N10O6/c35-19(31-9-11-32(12-10-31)24(38)39)14-25-23(37)17-13-21(34(28-17)16-5-2-1-3-6-16)40-15-20(36)33-8-4-7-18(33)22-26-29-30-27-22/h1-3,5-6,13,18H,4,7-12,14-15H2,(H,25,37)(H,38,39)(H,26,27,29,30)/t18-/m0/s1. The van der Waals surface area contributed by atoms with E-state index in [0.717, 1.165) is 6.42 Å². The molecule has 0 bridgehead atoms. The van der Waals surface area contributed by atoms with Crippen molar-refractivity contribution >= 4 is 23.8 Å².